The van der Waals surface area contributed by atoms with E-state index in [2.05, 4.69) is 11.1 Å². The molecule has 4 N–H and O–H groups in total. The molecule has 0 bridgehead atoms. The van der Waals surface area contributed by atoms with Crippen molar-refractivity contribution < 1.29 is 19.5 Å². The summed E-state index contributed by atoms with van der Waals surface area (Å²) in [7, 11) is 0. The van der Waals surface area contributed by atoms with Gasteiger partial charge in [0.2, 0.25) is 0 Å². The van der Waals surface area contributed by atoms with Gasteiger partial charge in [-0.15, -0.1) is 0 Å². The highest BCUT2D eigenvalue weighted by molar-refractivity contribution is 6.21. The van der Waals surface area contributed by atoms with Crippen LogP contribution in [0.1, 0.15) is 20.7 Å². The smallest absolute Gasteiger partial charge is 0.402 e. The number of hydrogen-bond acceptors (Lipinski definition) is 3. The van der Waals surface area contributed by atoms with Crippen LogP contribution in [-0.4, -0.2) is 23.0 Å². The average Bonchev–Trinajstić information content (AvgIpc) is 2.43. The largest absolute Gasteiger partial charge is 0.465 e. The van der Waals surface area contributed by atoms with E-state index in [0.29, 0.717) is 11.1 Å². The minimum absolute atomic E-state index is 0.300. The predicted octanol–water partition coefficient (Wildman–Crippen LogP) is 0.193. The molecule has 0 unspecified atom stereocenters. The molecular weight excluding hydrogens is 200 g/mol. The molecule has 78 valence electrons. The maximum Gasteiger partial charge on any atom is 0.402 e. The highest BCUT2D eigenvalue weighted by Gasteiger charge is 2.25. The molecule has 1 aliphatic rings. The number of fused-ring (bicyclic) bond motifs is 1. The Morgan fingerprint density at radius 2 is 1.47 bits per heavy atom. The molecule has 2 rings (SSSR count). The fourth-order valence-corrected chi connectivity index (χ4v) is 1.12. The molecule has 0 aliphatic carbocycles. The number of amides is 3. The van der Waals surface area contributed by atoms with Gasteiger partial charge in [0.15, 0.2) is 0 Å². The van der Waals surface area contributed by atoms with E-state index in [0.717, 1.165) is 0 Å². The fourth-order valence-electron chi connectivity index (χ4n) is 1.12. The monoisotopic (exact) mass is 208 g/mol. The van der Waals surface area contributed by atoms with Crippen LogP contribution in [0.15, 0.2) is 24.3 Å². The average molecular weight is 208 g/mol. The standard InChI is InChI=1S/C8H5NO2.CH3NO2/c10-7-5-3-1-2-4-6(5)8(11)9-7;2-1(3)4/h1-4H,(H,9,10,11);2H2,(H,3,4). The summed E-state index contributed by atoms with van der Waals surface area (Å²) in [4.78, 5) is 30.7. The van der Waals surface area contributed by atoms with Gasteiger partial charge in [-0.25, -0.2) is 4.79 Å². The highest BCUT2D eigenvalue weighted by atomic mass is 16.4. The molecule has 15 heavy (non-hydrogen) atoms. The second kappa shape index (κ2) is 4.23. The first-order valence-electron chi connectivity index (χ1n) is 3.95. The zero-order valence-electron chi connectivity index (χ0n) is 7.56. The van der Waals surface area contributed by atoms with Gasteiger partial charge in [-0.2, -0.15) is 0 Å². The maximum absolute atomic E-state index is 10.9. The summed E-state index contributed by atoms with van der Waals surface area (Å²) in [5.41, 5.74) is 4.97. The minimum atomic E-state index is -1.33. The molecule has 0 radical (unpaired) electrons. The quantitative estimate of drug-likeness (QED) is 0.528. The summed E-state index contributed by atoms with van der Waals surface area (Å²) < 4.78 is 0. The van der Waals surface area contributed by atoms with Crippen molar-refractivity contribution in [1.82, 2.24) is 5.32 Å². The van der Waals surface area contributed by atoms with Crippen molar-refractivity contribution in [3.63, 3.8) is 0 Å². The third kappa shape index (κ3) is 2.53. The molecule has 1 aromatic carbocycles. The Balaban J connectivity index is 0.000000245. The molecule has 6 heteroatoms. The van der Waals surface area contributed by atoms with Gasteiger partial charge in [0.1, 0.15) is 0 Å². The van der Waals surface area contributed by atoms with Crippen LogP contribution in [0.25, 0.3) is 0 Å². The van der Waals surface area contributed by atoms with Gasteiger partial charge in [0, 0.05) is 0 Å². The van der Waals surface area contributed by atoms with Crippen molar-refractivity contribution in [1.29, 1.82) is 0 Å². The number of carbonyl (C=O) groups is 3. The third-order valence-electron chi connectivity index (χ3n) is 1.64. The number of nitrogens with two attached hydrogens (primary N) is 1. The summed E-state index contributed by atoms with van der Waals surface area (Å²) in [5.74, 6) is -0.601. The molecule has 1 aromatic rings. The Labute approximate surface area is 84.7 Å². The first kappa shape index (κ1) is 10.7. The normalized spacial score (nSPS) is 12.3. The Hall–Kier alpha value is -2.37. The second-order valence-corrected chi connectivity index (χ2v) is 2.67. The summed E-state index contributed by atoms with van der Waals surface area (Å²) in [6, 6.07) is 6.74. The molecule has 0 saturated heterocycles. The lowest BCUT2D eigenvalue weighted by Gasteiger charge is -1.88. The van der Waals surface area contributed by atoms with Gasteiger partial charge < -0.3 is 10.8 Å². The predicted molar refractivity (Wildman–Crippen MR) is 50.5 cm³/mol. The highest BCUT2D eigenvalue weighted by Crippen LogP contribution is 2.13. The minimum Gasteiger partial charge on any atom is -0.465 e. The number of rotatable bonds is 0. The molecule has 0 atom stereocenters. The van der Waals surface area contributed by atoms with E-state index in [1.165, 1.54) is 0 Å². The van der Waals surface area contributed by atoms with Crippen LogP contribution in [0.4, 0.5) is 4.79 Å². The Morgan fingerprint density at radius 1 is 1.13 bits per heavy atom. The van der Waals surface area contributed by atoms with Crippen LogP contribution in [0.3, 0.4) is 0 Å². The molecule has 3 amide bonds. The van der Waals surface area contributed by atoms with E-state index in [-0.39, 0.29) is 11.8 Å². The van der Waals surface area contributed by atoms with Crippen LogP contribution in [-0.2, 0) is 0 Å². The van der Waals surface area contributed by atoms with Crippen LogP contribution >= 0.6 is 0 Å². The molecule has 0 saturated carbocycles. The van der Waals surface area contributed by atoms with Crippen molar-refractivity contribution in [3.8, 4) is 0 Å². The van der Waals surface area contributed by atoms with Gasteiger partial charge >= 0.3 is 6.09 Å². The van der Waals surface area contributed by atoms with Crippen LogP contribution in [0.5, 0.6) is 0 Å². The zero-order valence-corrected chi connectivity index (χ0v) is 7.56. The Kier molecular flexibility index (Phi) is 3.02. The van der Waals surface area contributed by atoms with Crippen molar-refractivity contribution in [2.45, 2.75) is 0 Å². The van der Waals surface area contributed by atoms with Gasteiger partial charge in [0.05, 0.1) is 11.1 Å². The zero-order chi connectivity index (χ0) is 11.4. The second-order valence-electron chi connectivity index (χ2n) is 2.67. The van der Waals surface area contributed by atoms with E-state index in [4.69, 9.17) is 9.90 Å². The van der Waals surface area contributed by atoms with Crippen molar-refractivity contribution in [3.05, 3.63) is 35.4 Å². The molecule has 0 spiro atoms. The fraction of sp³-hybridized carbons (Fsp3) is 0. The molecule has 1 heterocycles. The van der Waals surface area contributed by atoms with Crippen molar-refractivity contribution in [2.24, 2.45) is 5.73 Å². The van der Waals surface area contributed by atoms with Crippen molar-refractivity contribution in [2.75, 3.05) is 0 Å². The van der Waals surface area contributed by atoms with E-state index < -0.39 is 6.09 Å². The number of imide groups is 1. The number of nitrogens with one attached hydrogen (secondary N) is 1. The van der Waals surface area contributed by atoms with E-state index in [1.54, 1.807) is 24.3 Å². The van der Waals surface area contributed by atoms with E-state index >= 15 is 0 Å². The molecule has 6 nitrogen and oxygen atoms in total. The Bertz CT molecular complexity index is 391. The lowest BCUT2D eigenvalue weighted by molar-refractivity contribution is 0.0879. The van der Waals surface area contributed by atoms with Gasteiger partial charge in [-0.3, -0.25) is 14.9 Å². The van der Waals surface area contributed by atoms with E-state index in [1.807, 2.05) is 0 Å². The van der Waals surface area contributed by atoms with E-state index in [9.17, 15) is 9.59 Å². The number of hydrogen-bond donors (Lipinski definition) is 3. The first-order valence-corrected chi connectivity index (χ1v) is 3.95. The van der Waals surface area contributed by atoms with Gasteiger partial charge in [0.25, 0.3) is 11.8 Å². The molecule has 0 fully saturated rings. The topological polar surface area (TPSA) is 109 Å². The van der Waals surface area contributed by atoms with Gasteiger partial charge in [-0.1, -0.05) is 12.1 Å². The molecule has 0 aromatic heterocycles. The summed E-state index contributed by atoms with van der Waals surface area (Å²) in [5, 5.41) is 9.40. The number of primary amides is 1. The summed E-state index contributed by atoms with van der Waals surface area (Å²) >= 11 is 0. The lowest BCUT2D eigenvalue weighted by atomic mass is 10.1. The first-order chi connectivity index (χ1) is 7.02. The van der Waals surface area contributed by atoms with Crippen LogP contribution in [0, 0.1) is 0 Å². The summed E-state index contributed by atoms with van der Waals surface area (Å²) in [6.07, 6.45) is -1.33. The van der Waals surface area contributed by atoms with Crippen LogP contribution < -0.4 is 11.1 Å². The van der Waals surface area contributed by atoms with Crippen molar-refractivity contribution >= 4 is 17.9 Å². The van der Waals surface area contributed by atoms with Gasteiger partial charge in [-0.05, 0) is 12.1 Å². The summed E-state index contributed by atoms with van der Waals surface area (Å²) in [6.45, 7) is 0. The number of carbonyl (C=O) groups excluding carboxylic acids is 2. The SMILES string of the molecule is NC(=O)O.O=C1NC(=O)c2ccccc21. The number of benzene rings is 1. The van der Waals surface area contributed by atoms with Crippen LogP contribution in [0.2, 0.25) is 0 Å². The molecule has 1 aliphatic heterocycles. The lowest BCUT2D eigenvalue weighted by Crippen LogP contribution is -2.19. The molecular formula is C9H8N2O4. The number of carboxylic acid groups (broad SMARTS) is 1. The third-order valence-corrected chi connectivity index (χ3v) is 1.64. The Morgan fingerprint density at radius 3 is 1.80 bits per heavy atom. The maximum atomic E-state index is 10.9.